The standard InChI is InChI=1S/C15H20O5/c1-18-15(17)7-12(11-5-3-2-4-6-11)13-9-19-10-20-14(13)8-16/h2-6,12-14,16H,7-10H2,1H3. The lowest BCUT2D eigenvalue weighted by Gasteiger charge is -2.35. The zero-order valence-electron chi connectivity index (χ0n) is 11.5. The highest BCUT2D eigenvalue weighted by Crippen LogP contribution is 2.34. The maximum atomic E-state index is 11.7. The first-order chi connectivity index (χ1) is 9.76. The van der Waals surface area contributed by atoms with Crippen molar-refractivity contribution >= 4 is 5.97 Å². The molecule has 0 bridgehead atoms. The van der Waals surface area contributed by atoms with Crippen LogP contribution >= 0.6 is 0 Å². The molecule has 0 spiro atoms. The maximum absolute atomic E-state index is 11.7. The fraction of sp³-hybridized carbons (Fsp3) is 0.533. The molecular weight excluding hydrogens is 260 g/mol. The summed E-state index contributed by atoms with van der Waals surface area (Å²) in [6, 6.07) is 9.72. The fourth-order valence-electron chi connectivity index (χ4n) is 2.59. The first-order valence-corrected chi connectivity index (χ1v) is 6.68. The maximum Gasteiger partial charge on any atom is 0.306 e. The van der Waals surface area contributed by atoms with Gasteiger partial charge in [-0.3, -0.25) is 4.79 Å². The van der Waals surface area contributed by atoms with Crippen LogP contribution in [-0.4, -0.2) is 44.3 Å². The molecule has 2 rings (SSSR count). The smallest absolute Gasteiger partial charge is 0.306 e. The Hall–Kier alpha value is -1.43. The summed E-state index contributed by atoms with van der Waals surface area (Å²) in [6.07, 6.45) is -0.0763. The molecule has 1 aliphatic heterocycles. The highest BCUT2D eigenvalue weighted by Gasteiger charge is 2.35. The van der Waals surface area contributed by atoms with Crippen molar-refractivity contribution in [1.29, 1.82) is 0 Å². The minimum Gasteiger partial charge on any atom is -0.469 e. The lowest BCUT2D eigenvalue weighted by atomic mass is 9.80. The highest BCUT2D eigenvalue weighted by molar-refractivity contribution is 5.70. The molecular formula is C15H20O5. The summed E-state index contributed by atoms with van der Waals surface area (Å²) in [6.45, 7) is 0.557. The van der Waals surface area contributed by atoms with Crippen LogP contribution < -0.4 is 0 Å². The number of hydrogen-bond donors (Lipinski definition) is 1. The molecule has 1 aromatic rings. The molecule has 1 N–H and O–H groups in total. The molecule has 110 valence electrons. The summed E-state index contributed by atoms with van der Waals surface area (Å²) >= 11 is 0. The Labute approximate surface area is 118 Å². The number of aliphatic hydroxyl groups is 1. The van der Waals surface area contributed by atoms with Crippen molar-refractivity contribution in [2.75, 3.05) is 27.1 Å². The number of carbonyl (C=O) groups excluding carboxylic acids is 1. The number of benzene rings is 1. The Kier molecular flexibility index (Phi) is 5.52. The summed E-state index contributed by atoms with van der Waals surface area (Å²) < 4.78 is 15.6. The largest absolute Gasteiger partial charge is 0.469 e. The number of ether oxygens (including phenoxy) is 3. The molecule has 0 radical (unpaired) electrons. The van der Waals surface area contributed by atoms with Crippen molar-refractivity contribution in [1.82, 2.24) is 0 Å². The topological polar surface area (TPSA) is 65.0 Å². The Morgan fingerprint density at radius 3 is 2.85 bits per heavy atom. The van der Waals surface area contributed by atoms with Gasteiger partial charge in [-0.25, -0.2) is 0 Å². The minimum atomic E-state index is -0.321. The van der Waals surface area contributed by atoms with E-state index in [1.807, 2.05) is 30.3 Å². The SMILES string of the molecule is COC(=O)CC(c1ccccc1)C1COCOC1CO. The van der Waals surface area contributed by atoms with Gasteiger partial charge in [-0.15, -0.1) is 0 Å². The third kappa shape index (κ3) is 3.56. The third-order valence-electron chi connectivity index (χ3n) is 3.69. The van der Waals surface area contributed by atoms with Crippen LogP contribution in [0.25, 0.3) is 0 Å². The van der Waals surface area contributed by atoms with Crippen LogP contribution in [0.1, 0.15) is 17.9 Å². The molecule has 1 aromatic carbocycles. The second-order valence-corrected chi connectivity index (χ2v) is 4.84. The fourth-order valence-corrected chi connectivity index (χ4v) is 2.59. The van der Waals surface area contributed by atoms with E-state index in [1.54, 1.807) is 0 Å². The van der Waals surface area contributed by atoms with E-state index in [0.717, 1.165) is 5.56 Å². The number of esters is 1. The number of methoxy groups -OCH3 is 1. The third-order valence-corrected chi connectivity index (χ3v) is 3.69. The van der Waals surface area contributed by atoms with Crippen LogP contribution in [0.15, 0.2) is 30.3 Å². The van der Waals surface area contributed by atoms with Gasteiger partial charge in [0.2, 0.25) is 0 Å². The van der Waals surface area contributed by atoms with E-state index < -0.39 is 0 Å². The summed E-state index contributed by atoms with van der Waals surface area (Å²) in [5.41, 5.74) is 1.02. The molecule has 1 heterocycles. The van der Waals surface area contributed by atoms with Gasteiger partial charge in [0.15, 0.2) is 0 Å². The summed E-state index contributed by atoms with van der Waals surface area (Å²) in [5, 5.41) is 9.45. The predicted molar refractivity (Wildman–Crippen MR) is 72.1 cm³/mol. The minimum absolute atomic E-state index is 0.0738. The van der Waals surface area contributed by atoms with Crippen LogP contribution in [0.5, 0.6) is 0 Å². The zero-order chi connectivity index (χ0) is 14.4. The number of carbonyl (C=O) groups is 1. The van der Waals surface area contributed by atoms with Crippen molar-refractivity contribution in [3.05, 3.63) is 35.9 Å². The average Bonchev–Trinajstić information content (AvgIpc) is 2.53. The van der Waals surface area contributed by atoms with Gasteiger partial charge in [0.1, 0.15) is 6.79 Å². The first-order valence-electron chi connectivity index (χ1n) is 6.68. The molecule has 1 fully saturated rings. The summed E-state index contributed by atoms with van der Waals surface area (Å²) in [4.78, 5) is 11.7. The van der Waals surface area contributed by atoms with Crippen LogP contribution in [0, 0.1) is 5.92 Å². The van der Waals surface area contributed by atoms with Gasteiger partial charge < -0.3 is 19.3 Å². The van der Waals surface area contributed by atoms with Gasteiger partial charge in [0.05, 0.1) is 32.8 Å². The molecule has 0 aromatic heterocycles. The monoisotopic (exact) mass is 280 g/mol. The van der Waals surface area contributed by atoms with Crippen LogP contribution in [0.2, 0.25) is 0 Å². The van der Waals surface area contributed by atoms with Crippen LogP contribution in [0.3, 0.4) is 0 Å². The van der Waals surface area contributed by atoms with Gasteiger partial charge >= 0.3 is 5.97 Å². The molecule has 5 nitrogen and oxygen atoms in total. The second kappa shape index (κ2) is 7.38. The molecule has 0 saturated carbocycles. The molecule has 1 saturated heterocycles. The Balaban J connectivity index is 2.23. The molecule has 0 aliphatic carbocycles. The van der Waals surface area contributed by atoms with E-state index in [0.29, 0.717) is 6.61 Å². The van der Waals surface area contributed by atoms with E-state index >= 15 is 0 Å². The van der Waals surface area contributed by atoms with Crippen LogP contribution in [0.4, 0.5) is 0 Å². The number of rotatable bonds is 5. The van der Waals surface area contributed by atoms with E-state index in [1.165, 1.54) is 7.11 Å². The summed E-state index contributed by atoms with van der Waals surface area (Å²) in [5.74, 6) is -0.447. The lowest BCUT2D eigenvalue weighted by molar-refractivity contribution is -0.186. The van der Waals surface area contributed by atoms with Gasteiger partial charge in [-0.2, -0.15) is 0 Å². The molecule has 20 heavy (non-hydrogen) atoms. The van der Waals surface area contributed by atoms with Crippen molar-refractivity contribution in [3.8, 4) is 0 Å². The lowest BCUT2D eigenvalue weighted by Crippen LogP contribution is -2.41. The van der Waals surface area contributed by atoms with Crippen molar-refractivity contribution in [2.24, 2.45) is 5.92 Å². The van der Waals surface area contributed by atoms with Gasteiger partial charge in [-0.05, 0) is 5.56 Å². The van der Waals surface area contributed by atoms with Crippen LogP contribution in [-0.2, 0) is 19.0 Å². The van der Waals surface area contributed by atoms with Gasteiger partial charge in [-0.1, -0.05) is 30.3 Å². The predicted octanol–water partition coefficient (Wildman–Crippen LogP) is 1.31. The number of hydrogen-bond acceptors (Lipinski definition) is 5. The van der Waals surface area contributed by atoms with Crippen molar-refractivity contribution in [2.45, 2.75) is 18.4 Å². The Bertz CT molecular complexity index is 420. The molecule has 5 heteroatoms. The normalized spacial score (nSPS) is 24.1. The highest BCUT2D eigenvalue weighted by atomic mass is 16.7. The Morgan fingerprint density at radius 1 is 1.45 bits per heavy atom. The van der Waals surface area contributed by atoms with E-state index in [4.69, 9.17) is 14.2 Å². The number of aliphatic hydroxyl groups excluding tert-OH is 1. The first kappa shape index (κ1) is 15.0. The van der Waals surface area contributed by atoms with Gasteiger partial charge in [0, 0.05) is 11.8 Å². The van der Waals surface area contributed by atoms with E-state index in [-0.39, 0.29) is 43.7 Å². The Morgan fingerprint density at radius 2 is 2.20 bits per heavy atom. The molecule has 3 atom stereocenters. The molecule has 0 amide bonds. The zero-order valence-corrected chi connectivity index (χ0v) is 11.5. The summed E-state index contributed by atoms with van der Waals surface area (Å²) in [7, 11) is 1.38. The van der Waals surface area contributed by atoms with Crippen molar-refractivity contribution in [3.63, 3.8) is 0 Å². The quantitative estimate of drug-likeness (QED) is 0.824. The average molecular weight is 280 g/mol. The van der Waals surface area contributed by atoms with Crippen molar-refractivity contribution < 1.29 is 24.1 Å². The second-order valence-electron chi connectivity index (χ2n) is 4.84. The van der Waals surface area contributed by atoms with E-state index in [2.05, 4.69) is 0 Å². The molecule has 1 aliphatic rings. The van der Waals surface area contributed by atoms with Gasteiger partial charge in [0.25, 0.3) is 0 Å². The van der Waals surface area contributed by atoms with E-state index in [9.17, 15) is 9.90 Å². The molecule has 3 unspecified atom stereocenters.